The Balaban J connectivity index is 2.02. The smallest absolute Gasteiger partial charge is 0.255 e. The molecule has 0 saturated heterocycles. The summed E-state index contributed by atoms with van der Waals surface area (Å²) in [6, 6.07) is 13.6. The molecule has 2 N–H and O–H groups in total. The molecule has 0 aromatic heterocycles. The van der Waals surface area contributed by atoms with Gasteiger partial charge >= 0.3 is 0 Å². The van der Waals surface area contributed by atoms with Crippen LogP contribution in [0.15, 0.2) is 48.5 Å². The minimum Gasteiger partial charge on any atom is -0.350 e. The molecule has 2 aromatic carbocycles. The van der Waals surface area contributed by atoms with Gasteiger partial charge in [0.05, 0.1) is 0 Å². The largest absolute Gasteiger partial charge is 0.350 e. The van der Waals surface area contributed by atoms with Crippen LogP contribution in [0.1, 0.15) is 41.0 Å². The zero-order valence-electron chi connectivity index (χ0n) is 13.1. The Morgan fingerprint density at radius 1 is 0.957 bits per heavy atom. The van der Waals surface area contributed by atoms with Crippen LogP contribution in [0.25, 0.3) is 0 Å². The average Bonchev–Trinajstić information content (AvgIpc) is 2.56. The van der Waals surface area contributed by atoms with E-state index in [9.17, 15) is 9.59 Å². The quantitative estimate of drug-likeness (QED) is 0.866. The van der Waals surface area contributed by atoms with Crippen LogP contribution in [0.4, 0.5) is 5.69 Å². The summed E-state index contributed by atoms with van der Waals surface area (Å²) >= 11 is 5.81. The third-order valence-electron chi connectivity index (χ3n) is 3.50. The predicted octanol–water partition coefficient (Wildman–Crippen LogP) is 4.12. The minimum atomic E-state index is -0.235. The van der Waals surface area contributed by atoms with Crippen molar-refractivity contribution in [2.45, 2.75) is 26.3 Å². The highest BCUT2D eigenvalue weighted by atomic mass is 35.5. The fourth-order valence-corrected chi connectivity index (χ4v) is 2.04. The molecule has 2 amide bonds. The first-order chi connectivity index (χ1) is 11.0. The molecular weight excluding hydrogens is 312 g/mol. The van der Waals surface area contributed by atoms with Crippen LogP contribution < -0.4 is 10.6 Å². The minimum absolute atomic E-state index is 0.121. The van der Waals surface area contributed by atoms with E-state index < -0.39 is 0 Å². The molecule has 5 heteroatoms. The molecule has 0 saturated carbocycles. The van der Waals surface area contributed by atoms with Crippen LogP contribution in [0, 0.1) is 0 Å². The molecule has 2 aromatic rings. The van der Waals surface area contributed by atoms with E-state index in [2.05, 4.69) is 10.6 Å². The monoisotopic (exact) mass is 330 g/mol. The maximum Gasteiger partial charge on any atom is 0.255 e. The maximum atomic E-state index is 12.2. The SMILES string of the molecule is CCC(C)NC(=O)c1ccc(C(=O)Nc2ccc(Cl)cc2)cc1. The number of amides is 2. The summed E-state index contributed by atoms with van der Waals surface area (Å²) in [4.78, 5) is 24.2. The van der Waals surface area contributed by atoms with Gasteiger partial charge in [-0.05, 0) is 61.9 Å². The van der Waals surface area contributed by atoms with Gasteiger partial charge in [-0.15, -0.1) is 0 Å². The Labute approximate surface area is 140 Å². The normalized spacial score (nSPS) is 11.6. The summed E-state index contributed by atoms with van der Waals surface area (Å²) in [5, 5.41) is 6.28. The summed E-state index contributed by atoms with van der Waals surface area (Å²) < 4.78 is 0. The maximum absolute atomic E-state index is 12.2. The van der Waals surface area contributed by atoms with Crippen molar-refractivity contribution in [3.05, 3.63) is 64.7 Å². The van der Waals surface area contributed by atoms with Gasteiger partial charge in [0.25, 0.3) is 11.8 Å². The van der Waals surface area contributed by atoms with Crippen LogP contribution in [-0.4, -0.2) is 17.9 Å². The van der Waals surface area contributed by atoms with E-state index in [0.29, 0.717) is 21.8 Å². The number of carbonyl (C=O) groups is 2. The number of hydrogen-bond acceptors (Lipinski definition) is 2. The lowest BCUT2D eigenvalue weighted by Gasteiger charge is -2.11. The molecule has 0 spiro atoms. The van der Waals surface area contributed by atoms with Gasteiger partial charge in [-0.3, -0.25) is 9.59 Å². The molecule has 23 heavy (non-hydrogen) atoms. The summed E-state index contributed by atoms with van der Waals surface area (Å²) in [6.45, 7) is 3.96. The van der Waals surface area contributed by atoms with Crippen LogP contribution in [0.5, 0.6) is 0 Å². The van der Waals surface area contributed by atoms with E-state index in [1.54, 1.807) is 48.5 Å². The second-order valence-electron chi connectivity index (χ2n) is 5.32. The van der Waals surface area contributed by atoms with Crippen molar-refractivity contribution < 1.29 is 9.59 Å². The van der Waals surface area contributed by atoms with Crippen LogP contribution in [0.2, 0.25) is 5.02 Å². The van der Waals surface area contributed by atoms with Crippen molar-refractivity contribution in [3.63, 3.8) is 0 Å². The van der Waals surface area contributed by atoms with Gasteiger partial charge in [0.15, 0.2) is 0 Å². The number of rotatable bonds is 5. The Morgan fingerprint density at radius 3 is 2.00 bits per heavy atom. The lowest BCUT2D eigenvalue weighted by molar-refractivity contribution is 0.0937. The van der Waals surface area contributed by atoms with Gasteiger partial charge in [0, 0.05) is 27.9 Å². The number of anilines is 1. The van der Waals surface area contributed by atoms with Crippen molar-refractivity contribution in [2.24, 2.45) is 0 Å². The van der Waals surface area contributed by atoms with Gasteiger partial charge in [-0.2, -0.15) is 0 Å². The summed E-state index contributed by atoms with van der Waals surface area (Å²) in [7, 11) is 0. The molecular formula is C18H19ClN2O2. The highest BCUT2D eigenvalue weighted by Gasteiger charge is 2.10. The number of benzene rings is 2. The first-order valence-corrected chi connectivity index (χ1v) is 7.85. The molecule has 4 nitrogen and oxygen atoms in total. The van der Waals surface area contributed by atoms with Crippen molar-refractivity contribution in [2.75, 3.05) is 5.32 Å². The van der Waals surface area contributed by atoms with Crippen LogP contribution in [0.3, 0.4) is 0 Å². The zero-order chi connectivity index (χ0) is 16.8. The van der Waals surface area contributed by atoms with Gasteiger partial charge < -0.3 is 10.6 Å². The van der Waals surface area contributed by atoms with E-state index in [1.807, 2.05) is 13.8 Å². The molecule has 120 valence electrons. The lowest BCUT2D eigenvalue weighted by Crippen LogP contribution is -2.31. The van der Waals surface area contributed by atoms with Gasteiger partial charge in [0.2, 0.25) is 0 Å². The Bertz CT molecular complexity index is 681. The fourth-order valence-electron chi connectivity index (χ4n) is 1.92. The zero-order valence-corrected chi connectivity index (χ0v) is 13.9. The van der Waals surface area contributed by atoms with Crippen molar-refractivity contribution in [1.82, 2.24) is 5.32 Å². The Morgan fingerprint density at radius 2 is 1.48 bits per heavy atom. The second kappa shape index (κ2) is 7.79. The third kappa shape index (κ3) is 4.83. The summed E-state index contributed by atoms with van der Waals surface area (Å²) in [5.74, 6) is -0.370. The molecule has 0 aliphatic heterocycles. The standard InChI is InChI=1S/C18H19ClN2O2/c1-3-12(2)20-17(22)13-4-6-14(7-5-13)18(23)21-16-10-8-15(19)9-11-16/h4-12H,3H2,1-2H3,(H,20,22)(H,21,23). The van der Waals surface area contributed by atoms with E-state index in [4.69, 9.17) is 11.6 Å². The molecule has 2 rings (SSSR count). The Kier molecular flexibility index (Phi) is 5.77. The summed E-state index contributed by atoms with van der Waals surface area (Å²) in [5.41, 5.74) is 1.69. The predicted molar refractivity (Wildman–Crippen MR) is 93.1 cm³/mol. The molecule has 1 unspecified atom stereocenters. The van der Waals surface area contributed by atoms with Crippen LogP contribution >= 0.6 is 11.6 Å². The van der Waals surface area contributed by atoms with Gasteiger partial charge in [-0.25, -0.2) is 0 Å². The number of carbonyl (C=O) groups excluding carboxylic acids is 2. The highest BCUT2D eigenvalue weighted by molar-refractivity contribution is 6.30. The van der Waals surface area contributed by atoms with Crippen molar-refractivity contribution >= 4 is 29.1 Å². The molecule has 0 bridgehead atoms. The first-order valence-electron chi connectivity index (χ1n) is 7.47. The lowest BCUT2D eigenvalue weighted by atomic mass is 10.1. The fraction of sp³-hybridized carbons (Fsp3) is 0.222. The average molecular weight is 331 g/mol. The molecule has 0 fully saturated rings. The Hall–Kier alpha value is -2.33. The molecule has 1 atom stereocenters. The molecule has 0 aliphatic rings. The third-order valence-corrected chi connectivity index (χ3v) is 3.75. The van der Waals surface area contributed by atoms with E-state index in [0.717, 1.165) is 6.42 Å². The topological polar surface area (TPSA) is 58.2 Å². The van der Waals surface area contributed by atoms with E-state index in [-0.39, 0.29) is 17.9 Å². The van der Waals surface area contributed by atoms with E-state index in [1.165, 1.54) is 0 Å². The van der Waals surface area contributed by atoms with Crippen LogP contribution in [-0.2, 0) is 0 Å². The molecule has 0 radical (unpaired) electrons. The summed E-state index contributed by atoms with van der Waals surface area (Å²) in [6.07, 6.45) is 0.868. The van der Waals surface area contributed by atoms with Crippen molar-refractivity contribution in [3.8, 4) is 0 Å². The second-order valence-corrected chi connectivity index (χ2v) is 5.76. The number of nitrogens with one attached hydrogen (secondary N) is 2. The molecule has 0 aliphatic carbocycles. The number of hydrogen-bond donors (Lipinski definition) is 2. The number of halogens is 1. The molecule has 0 heterocycles. The van der Waals surface area contributed by atoms with E-state index >= 15 is 0 Å². The first kappa shape index (κ1) is 17.0. The van der Waals surface area contributed by atoms with Gasteiger partial charge in [-0.1, -0.05) is 18.5 Å². The van der Waals surface area contributed by atoms with Gasteiger partial charge in [0.1, 0.15) is 0 Å². The van der Waals surface area contributed by atoms with Crippen molar-refractivity contribution in [1.29, 1.82) is 0 Å². The highest BCUT2D eigenvalue weighted by Crippen LogP contribution is 2.15.